The highest BCUT2D eigenvalue weighted by atomic mass is 16.5. The first-order chi connectivity index (χ1) is 7.33. The van der Waals surface area contributed by atoms with Crippen LogP contribution in [0.4, 0.5) is 0 Å². The van der Waals surface area contributed by atoms with Gasteiger partial charge in [-0.05, 0) is 26.6 Å². The first-order valence-corrected chi connectivity index (χ1v) is 5.01. The van der Waals surface area contributed by atoms with Crippen LogP contribution in [0.25, 0.3) is 0 Å². The van der Waals surface area contributed by atoms with Gasteiger partial charge in [0.25, 0.3) is 6.47 Å². The van der Waals surface area contributed by atoms with Crippen molar-refractivity contribution in [3.05, 3.63) is 0 Å². The first-order valence-electron chi connectivity index (χ1n) is 5.01. The molecule has 0 aliphatic rings. The number of nitrogens with two attached hydrogens (primary N) is 2. The normalized spacial score (nSPS) is 9.00. The standard InChI is InChI=1S/C5H11NO3.C4H12N2/c6-1-2-8-3-4-9-5-7;1-6-4-2-3-5/h5H,1-4,6H2;6H,2-5H2,1H3. The van der Waals surface area contributed by atoms with Crippen LogP contribution in [-0.2, 0) is 14.3 Å². The van der Waals surface area contributed by atoms with Crippen molar-refractivity contribution in [3.8, 4) is 0 Å². The second-order valence-electron chi connectivity index (χ2n) is 2.61. The summed E-state index contributed by atoms with van der Waals surface area (Å²) in [4.78, 5) is 9.54. The number of carbonyl (C=O) groups is 1. The van der Waals surface area contributed by atoms with Crippen molar-refractivity contribution < 1.29 is 14.3 Å². The molecule has 0 aromatic heterocycles. The van der Waals surface area contributed by atoms with Crippen molar-refractivity contribution in [1.82, 2.24) is 5.32 Å². The van der Waals surface area contributed by atoms with Gasteiger partial charge in [-0.1, -0.05) is 0 Å². The number of nitrogens with one attached hydrogen (secondary N) is 1. The monoisotopic (exact) mass is 221 g/mol. The van der Waals surface area contributed by atoms with Gasteiger partial charge in [-0.15, -0.1) is 0 Å². The van der Waals surface area contributed by atoms with Crippen molar-refractivity contribution >= 4 is 6.47 Å². The summed E-state index contributed by atoms with van der Waals surface area (Å²) >= 11 is 0. The molecule has 0 heterocycles. The molecule has 6 nitrogen and oxygen atoms in total. The lowest BCUT2D eigenvalue weighted by Gasteiger charge is -1.98. The fraction of sp³-hybridized carbons (Fsp3) is 0.889. The van der Waals surface area contributed by atoms with Gasteiger partial charge in [0.2, 0.25) is 0 Å². The van der Waals surface area contributed by atoms with Gasteiger partial charge in [-0.2, -0.15) is 0 Å². The highest BCUT2D eigenvalue weighted by Crippen LogP contribution is 1.72. The predicted molar refractivity (Wildman–Crippen MR) is 59.5 cm³/mol. The van der Waals surface area contributed by atoms with E-state index in [0.717, 1.165) is 19.5 Å². The van der Waals surface area contributed by atoms with E-state index in [2.05, 4.69) is 10.1 Å². The smallest absolute Gasteiger partial charge is 0.293 e. The van der Waals surface area contributed by atoms with Crippen molar-refractivity contribution in [2.24, 2.45) is 11.5 Å². The molecule has 15 heavy (non-hydrogen) atoms. The predicted octanol–water partition coefficient (Wildman–Crippen LogP) is -1.31. The van der Waals surface area contributed by atoms with Gasteiger partial charge in [0, 0.05) is 6.54 Å². The van der Waals surface area contributed by atoms with Gasteiger partial charge in [0.05, 0.1) is 13.2 Å². The SMILES string of the molecule is CNCCCN.NCCOCCOC=O. The van der Waals surface area contributed by atoms with Crippen molar-refractivity contribution in [2.75, 3.05) is 46.5 Å². The van der Waals surface area contributed by atoms with E-state index in [0.29, 0.717) is 32.8 Å². The molecule has 0 rings (SSSR count). The van der Waals surface area contributed by atoms with E-state index in [-0.39, 0.29) is 0 Å². The van der Waals surface area contributed by atoms with Crippen molar-refractivity contribution in [1.29, 1.82) is 0 Å². The maximum absolute atomic E-state index is 9.54. The lowest BCUT2D eigenvalue weighted by molar-refractivity contribution is -0.130. The lowest BCUT2D eigenvalue weighted by atomic mass is 10.4. The molecule has 0 radical (unpaired) electrons. The molecule has 0 aliphatic carbocycles. The van der Waals surface area contributed by atoms with Crippen molar-refractivity contribution in [2.45, 2.75) is 6.42 Å². The van der Waals surface area contributed by atoms with E-state index in [1.54, 1.807) is 0 Å². The largest absolute Gasteiger partial charge is 0.465 e. The van der Waals surface area contributed by atoms with Crippen LogP contribution in [0.15, 0.2) is 0 Å². The summed E-state index contributed by atoms with van der Waals surface area (Å²) < 4.78 is 9.21. The second kappa shape index (κ2) is 19.0. The Morgan fingerprint density at radius 1 is 1.20 bits per heavy atom. The molecule has 0 saturated heterocycles. The Morgan fingerprint density at radius 3 is 2.33 bits per heavy atom. The first kappa shape index (κ1) is 16.7. The van der Waals surface area contributed by atoms with E-state index < -0.39 is 0 Å². The molecule has 0 bridgehead atoms. The third-order valence-corrected chi connectivity index (χ3v) is 1.31. The molecule has 0 amide bonds. The Balaban J connectivity index is 0. The highest BCUT2D eigenvalue weighted by molar-refractivity contribution is 5.36. The third-order valence-electron chi connectivity index (χ3n) is 1.31. The van der Waals surface area contributed by atoms with Gasteiger partial charge >= 0.3 is 0 Å². The fourth-order valence-corrected chi connectivity index (χ4v) is 0.619. The van der Waals surface area contributed by atoms with Crippen LogP contribution < -0.4 is 16.8 Å². The highest BCUT2D eigenvalue weighted by Gasteiger charge is 1.84. The molecule has 0 unspecified atom stereocenters. The number of hydrogen-bond donors (Lipinski definition) is 3. The molecule has 0 spiro atoms. The van der Waals surface area contributed by atoms with Crippen LogP contribution in [0.5, 0.6) is 0 Å². The number of rotatable bonds is 9. The van der Waals surface area contributed by atoms with Crippen LogP contribution in [0.2, 0.25) is 0 Å². The molecular formula is C9H23N3O3. The van der Waals surface area contributed by atoms with Crippen LogP contribution in [0.1, 0.15) is 6.42 Å². The minimum Gasteiger partial charge on any atom is -0.465 e. The number of hydrogen-bond acceptors (Lipinski definition) is 6. The molecule has 0 atom stereocenters. The molecule has 0 fully saturated rings. The number of ether oxygens (including phenoxy) is 2. The van der Waals surface area contributed by atoms with E-state index >= 15 is 0 Å². The van der Waals surface area contributed by atoms with Crippen LogP contribution >= 0.6 is 0 Å². The van der Waals surface area contributed by atoms with Crippen LogP contribution in [0, 0.1) is 0 Å². The van der Waals surface area contributed by atoms with Gasteiger partial charge in [0.15, 0.2) is 0 Å². The van der Waals surface area contributed by atoms with Gasteiger partial charge < -0.3 is 26.3 Å². The summed E-state index contributed by atoms with van der Waals surface area (Å²) in [5.74, 6) is 0. The Hall–Kier alpha value is -0.690. The summed E-state index contributed by atoms with van der Waals surface area (Å²) in [5.41, 5.74) is 10.3. The molecule has 0 aromatic rings. The summed E-state index contributed by atoms with van der Waals surface area (Å²) in [6, 6.07) is 0. The molecule has 6 heteroatoms. The molecular weight excluding hydrogens is 198 g/mol. The second-order valence-corrected chi connectivity index (χ2v) is 2.61. The van der Waals surface area contributed by atoms with Gasteiger partial charge in [0.1, 0.15) is 6.61 Å². The number of carbonyl (C=O) groups excluding carboxylic acids is 1. The summed E-state index contributed by atoms with van der Waals surface area (Å²) in [6.07, 6.45) is 1.08. The Labute approximate surface area is 91.3 Å². The Kier molecular flexibility index (Phi) is 21.2. The minimum absolute atomic E-state index is 0.309. The van der Waals surface area contributed by atoms with E-state index in [9.17, 15) is 4.79 Å². The quantitative estimate of drug-likeness (QED) is 0.330. The third kappa shape index (κ3) is 24.7. The molecule has 92 valence electrons. The summed E-state index contributed by atoms with van der Waals surface area (Å²) in [7, 11) is 1.93. The zero-order chi connectivity index (χ0) is 11.8. The fourth-order valence-electron chi connectivity index (χ4n) is 0.619. The Bertz CT molecular complexity index is 111. The molecule has 0 aromatic carbocycles. The lowest BCUT2D eigenvalue weighted by Crippen LogP contribution is -2.12. The topological polar surface area (TPSA) is 99.6 Å². The van der Waals surface area contributed by atoms with E-state index in [1.807, 2.05) is 7.05 Å². The van der Waals surface area contributed by atoms with Crippen LogP contribution in [0.3, 0.4) is 0 Å². The Morgan fingerprint density at radius 2 is 1.93 bits per heavy atom. The summed E-state index contributed by atoms with van der Waals surface area (Å²) in [6.45, 7) is 3.98. The van der Waals surface area contributed by atoms with Gasteiger partial charge in [-0.25, -0.2) is 0 Å². The van der Waals surface area contributed by atoms with E-state index in [4.69, 9.17) is 16.2 Å². The van der Waals surface area contributed by atoms with Gasteiger partial charge in [-0.3, -0.25) is 4.79 Å². The minimum atomic E-state index is 0.309. The van der Waals surface area contributed by atoms with Crippen molar-refractivity contribution in [3.63, 3.8) is 0 Å². The van der Waals surface area contributed by atoms with Crippen LogP contribution in [-0.4, -0.2) is 53.0 Å². The van der Waals surface area contributed by atoms with E-state index in [1.165, 1.54) is 0 Å². The molecule has 0 saturated carbocycles. The zero-order valence-corrected chi connectivity index (χ0v) is 9.41. The molecule has 5 N–H and O–H groups in total. The zero-order valence-electron chi connectivity index (χ0n) is 9.41. The molecule has 0 aliphatic heterocycles. The average Bonchev–Trinajstić information content (AvgIpc) is 2.27. The summed E-state index contributed by atoms with van der Waals surface area (Å²) in [5, 5.41) is 2.99. The maximum atomic E-state index is 9.54. The average molecular weight is 221 g/mol. The maximum Gasteiger partial charge on any atom is 0.293 e.